The molecule has 0 bridgehead atoms. The van der Waals surface area contributed by atoms with E-state index in [1.54, 1.807) is 20.1 Å². The molecule has 0 saturated heterocycles. The van der Waals surface area contributed by atoms with Gasteiger partial charge in [0.25, 0.3) is 0 Å². The highest BCUT2D eigenvalue weighted by atomic mass is 16.5. The standard InChI is InChI=1S/C12H14O3/c1-4-11(12(13)15-3)9-5-7-10(14-2)8-6-9/h4-8H,1-3H3. The molecule has 0 radical (unpaired) electrons. The molecule has 0 heterocycles. The first-order valence-electron chi connectivity index (χ1n) is 4.62. The molecule has 0 aliphatic heterocycles. The Hall–Kier alpha value is -1.77. The Labute approximate surface area is 89.3 Å². The van der Waals surface area contributed by atoms with E-state index in [1.165, 1.54) is 7.11 Å². The van der Waals surface area contributed by atoms with Gasteiger partial charge in [0.15, 0.2) is 0 Å². The van der Waals surface area contributed by atoms with Crippen molar-refractivity contribution in [1.82, 2.24) is 0 Å². The fraction of sp³-hybridized carbons (Fsp3) is 0.250. The number of allylic oxidation sites excluding steroid dienone is 1. The molecule has 3 heteroatoms. The van der Waals surface area contributed by atoms with Crippen molar-refractivity contribution in [3.8, 4) is 5.75 Å². The smallest absolute Gasteiger partial charge is 0.338 e. The third-order valence-electron chi connectivity index (χ3n) is 2.10. The molecule has 15 heavy (non-hydrogen) atoms. The number of esters is 1. The molecular formula is C12H14O3. The van der Waals surface area contributed by atoms with Gasteiger partial charge in [-0.1, -0.05) is 18.2 Å². The maximum atomic E-state index is 11.4. The minimum atomic E-state index is -0.331. The molecule has 80 valence electrons. The first kappa shape index (κ1) is 11.3. The predicted octanol–water partition coefficient (Wildman–Crippen LogP) is 2.27. The van der Waals surface area contributed by atoms with E-state index in [2.05, 4.69) is 4.74 Å². The number of hydrogen-bond donors (Lipinski definition) is 0. The first-order chi connectivity index (χ1) is 7.22. The highest BCUT2D eigenvalue weighted by molar-refractivity contribution is 6.16. The van der Waals surface area contributed by atoms with Gasteiger partial charge in [0.1, 0.15) is 5.75 Å². The molecule has 0 atom stereocenters. The van der Waals surface area contributed by atoms with Crippen molar-refractivity contribution in [3.63, 3.8) is 0 Å². The molecule has 0 N–H and O–H groups in total. The highest BCUT2D eigenvalue weighted by Gasteiger charge is 2.10. The summed E-state index contributed by atoms with van der Waals surface area (Å²) in [7, 11) is 2.97. The second-order valence-corrected chi connectivity index (χ2v) is 2.92. The zero-order valence-corrected chi connectivity index (χ0v) is 9.11. The number of carbonyl (C=O) groups is 1. The second kappa shape index (κ2) is 5.20. The number of carbonyl (C=O) groups excluding carboxylic acids is 1. The number of methoxy groups -OCH3 is 2. The summed E-state index contributed by atoms with van der Waals surface area (Å²) < 4.78 is 9.71. The molecule has 0 aliphatic rings. The van der Waals surface area contributed by atoms with Crippen LogP contribution in [-0.4, -0.2) is 20.2 Å². The molecule has 1 rings (SSSR count). The highest BCUT2D eigenvalue weighted by Crippen LogP contribution is 2.19. The summed E-state index contributed by atoms with van der Waals surface area (Å²) in [5, 5.41) is 0. The lowest BCUT2D eigenvalue weighted by Gasteiger charge is -2.05. The third-order valence-corrected chi connectivity index (χ3v) is 2.10. The average Bonchev–Trinajstić information content (AvgIpc) is 2.30. The number of benzene rings is 1. The third kappa shape index (κ3) is 2.59. The van der Waals surface area contributed by atoms with Crippen LogP contribution >= 0.6 is 0 Å². The normalized spacial score (nSPS) is 11.0. The molecule has 0 aliphatic carbocycles. The van der Waals surface area contributed by atoms with Gasteiger partial charge >= 0.3 is 5.97 Å². The Morgan fingerprint density at radius 1 is 1.20 bits per heavy atom. The number of rotatable bonds is 3. The van der Waals surface area contributed by atoms with Crippen LogP contribution in [0.15, 0.2) is 30.3 Å². The van der Waals surface area contributed by atoms with Gasteiger partial charge in [-0.05, 0) is 24.6 Å². The fourth-order valence-electron chi connectivity index (χ4n) is 1.28. The van der Waals surface area contributed by atoms with Gasteiger partial charge in [-0.15, -0.1) is 0 Å². The van der Waals surface area contributed by atoms with E-state index in [-0.39, 0.29) is 5.97 Å². The zero-order chi connectivity index (χ0) is 11.3. The second-order valence-electron chi connectivity index (χ2n) is 2.92. The van der Waals surface area contributed by atoms with Crippen molar-refractivity contribution < 1.29 is 14.3 Å². The largest absolute Gasteiger partial charge is 0.497 e. The maximum absolute atomic E-state index is 11.4. The summed E-state index contributed by atoms with van der Waals surface area (Å²) in [6.45, 7) is 1.80. The molecule has 1 aromatic carbocycles. The quantitative estimate of drug-likeness (QED) is 0.562. The van der Waals surface area contributed by atoms with Crippen LogP contribution in [0, 0.1) is 0 Å². The van der Waals surface area contributed by atoms with Gasteiger partial charge in [-0.2, -0.15) is 0 Å². The minimum absolute atomic E-state index is 0.331. The van der Waals surface area contributed by atoms with Crippen LogP contribution in [0.4, 0.5) is 0 Å². The Balaban J connectivity index is 2.99. The molecule has 3 nitrogen and oxygen atoms in total. The summed E-state index contributed by atoms with van der Waals surface area (Å²) in [5.41, 5.74) is 1.38. The summed E-state index contributed by atoms with van der Waals surface area (Å²) in [6, 6.07) is 7.26. The fourth-order valence-corrected chi connectivity index (χ4v) is 1.28. The van der Waals surface area contributed by atoms with Crippen LogP contribution < -0.4 is 4.74 Å². The first-order valence-corrected chi connectivity index (χ1v) is 4.62. The topological polar surface area (TPSA) is 35.5 Å². The van der Waals surface area contributed by atoms with E-state index in [9.17, 15) is 4.79 Å². The Bertz CT molecular complexity index is 363. The molecular weight excluding hydrogens is 192 g/mol. The van der Waals surface area contributed by atoms with Crippen LogP contribution in [0.3, 0.4) is 0 Å². The van der Waals surface area contributed by atoms with E-state index >= 15 is 0 Å². The van der Waals surface area contributed by atoms with Crippen molar-refractivity contribution in [2.45, 2.75) is 6.92 Å². The van der Waals surface area contributed by atoms with Crippen LogP contribution in [0.1, 0.15) is 12.5 Å². The summed E-state index contributed by atoms with van der Waals surface area (Å²) in [4.78, 5) is 11.4. The lowest BCUT2D eigenvalue weighted by Crippen LogP contribution is -2.03. The van der Waals surface area contributed by atoms with Gasteiger partial charge in [0.05, 0.1) is 19.8 Å². The zero-order valence-electron chi connectivity index (χ0n) is 9.11. The van der Waals surface area contributed by atoms with Crippen molar-refractivity contribution in [1.29, 1.82) is 0 Å². The maximum Gasteiger partial charge on any atom is 0.338 e. The van der Waals surface area contributed by atoms with Crippen LogP contribution in [0.5, 0.6) is 5.75 Å². The van der Waals surface area contributed by atoms with Crippen molar-refractivity contribution >= 4 is 11.5 Å². The van der Waals surface area contributed by atoms with Gasteiger partial charge in [-0.25, -0.2) is 4.79 Å². The van der Waals surface area contributed by atoms with Crippen molar-refractivity contribution in [3.05, 3.63) is 35.9 Å². The number of ether oxygens (including phenoxy) is 2. The molecule has 0 saturated carbocycles. The van der Waals surface area contributed by atoms with E-state index in [1.807, 2.05) is 24.3 Å². The van der Waals surface area contributed by atoms with Crippen molar-refractivity contribution in [2.24, 2.45) is 0 Å². The van der Waals surface area contributed by atoms with E-state index in [0.717, 1.165) is 11.3 Å². The van der Waals surface area contributed by atoms with Gasteiger partial charge in [0, 0.05) is 0 Å². The van der Waals surface area contributed by atoms with Crippen molar-refractivity contribution in [2.75, 3.05) is 14.2 Å². The summed E-state index contributed by atoms with van der Waals surface area (Å²) >= 11 is 0. The molecule has 0 unspecified atom stereocenters. The molecule has 0 aromatic heterocycles. The lowest BCUT2D eigenvalue weighted by atomic mass is 10.1. The van der Waals surface area contributed by atoms with E-state index in [4.69, 9.17) is 4.74 Å². The lowest BCUT2D eigenvalue weighted by molar-refractivity contribution is -0.133. The molecule has 0 fully saturated rings. The summed E-state index contributed by atoms with van der Waals surface area (Å²) in [5.74, 6) is 0.432. The van der Waals surface area contributed by atoms with Crippen LogP contribution in [-0.2, 0) is 9.53 Å². The van der Waals surface area contributed by atoms with Crippen LogP contribution in [0.25, 0.3) is 5.57 Å². The van der Waals surface area contributed by atoms with E-state index < -0.39 is 0 Å². The van der Waals surface area contributed by atoms with E-state index in [0.29, 0.717) is 5.57 Å². The minimum Gasteiger partial charge on any atom is -0.497 e. The molecule has 1 aromatic rings. The molecule has 0 amide bonds. The SMILES string of the molecule is CC=C(C(=O)OC)c1ccc(OC)cc1. The van der Waals surface area contributed by atoms with Gasteiger partial charge in [0.2, 0.25) is 0 Å². The van der Waals surface area contributed by atoms with Gasteiger partial charge in [-0.3, -0.25) is 0 Å². The Morgan fingerprint density at radius 3 is 2.20 bits per heavy atom. The average molecular weight is 206 g/mol. The Morgan fingerprint density at radius 2 is 1.80 bits per heavy atom. The summed E-state index contributed by atoms with van der Waals surface area (Å²) in [6.07, 6.45) is 1.73. The monoisotopic (exact) mass is 206 g/mol. The van der Waals surface area contributed by atoms with Gasteiger partial charge < -0.3 is 9.47 Å². The number of hydrogen-bond acceptors (Lipinski definition) is 3. The molecule has 0 spiro atoms. The predicted molar refractivity (Wildman–Crippen MR) is 58.7 cm³/mol. The Kier molecular flexibility index (Phi) is 3.92. The van der Waals surface area contributed by atoms with Crippen LogP contribution in [0.2, 0.25) is 0 Å².